The van der Waals surface area contributed by atoms with Crippen LogP contribution in [0.3, 0.4) is 0 Å². The third kappa shape index (κ3) is 6.69. The molecule has 0 unspecified atom stereocenters. The Morgan fingerprint density at radius 3 is 2.68 bits per heavy atom. The van der Waals surface area contributed by atoms with E-state index in [-0.39, 0.29) is 30.2 Å². The highest BCUT2D eigenvalue weighted by molar-refractivity contribution is 5.90. The minimum atomic E-state index is -0.542. The third-order valence-corrected chi connectivity index (χ3v) is 5.72. The number of ketones is 1. The Morgan fingerprint density at radius 1 is 1.23 bits per heavy atom. The predicted octanol–water partition coefficient (Wildman–Crippen LogP) is 2.04. The fourth-order valence-corrected chi connectivity index (χ4v) is 4.05. The van der Waals surface area contributed by atoms with Crippen molar-refractivity contribution in [1.82, 2.24) is 30.4 Å². The maximum Gasteiger partial charge on any atom is 0.237 e. The van der Waals surface area contributed by atoms with Gasteiger partial charge in [0.2, 0.25) is 5.91 Å². The van der Waals surface area contributed by atoms with E-state index in [1.165, 1.54) is 10.4 Å². The minimum Gasteiger partial charge on any atom is -0.345 e. The lowest BCUT2D eigenvalue weighted by molar-refractivity contribution is -0.131. The molecule has 8 nitrogen and oxygen atoms in total. The maximum absolute atomic E-state index is 13.1. The van der Waals surface area contributed by atoms with E-state index < -0.39 is 6.04 Å². The van der Waals surface area contributed by atoms with Gasteiger partial charge in [-0.15, -0.1) is 10.2 Å². The molecular formula is C23H34N6O2. The van der Waals surface area contributed by atoms with Crippen molar-refractivity contribution in [2.45, 2.75) is 71.5 Å². The van der Waals surface area contributed by atoms with Crippen LogP contribution in [0.4, 0.5) is 0 Å². The number of aryl methyl sites for hydroxylation is 1. The van der Waals surface area contributed by atoms with Crippen LogP contribution >= 0.6 is 0 Å². The van der Waals surface area contributed by atoms with Crippen LogP contribution in [-0.4, -0.2) is 62.0 Å². The zero-order valence-electron chi connectivity index (χ0n) is 18.8. The summed E-state index contributed by atoms with van der Waals surface area (Å²) in [6.07, 6.45) is 4.00. The van der Waals surface area contributed by atoms with Crippen LogP contribution in [0.25, 0.3) is 0 Å². The van der Waals surface area contributed by atoms with Gasteiger partial charge in [-0.25, -0.2) is 0 Å². The average Bonchev–Trinajstić information content (AvgIpc) is 3.41. The molecule has 2 atom stereocenters. The molecule has 1 aliphatic heterocycles. The Kier molecular flexibility index (Phi) is 8.28. The standard InChI is InChI=1S/C23H34N6O2/c1-4-22-25-27-29(26-22)16-21(30)19(15-17(2)3)24-23(31)20-11-8-13-28(20)14-12-18-9-6-5-7-10-18/h5-7,9-10,17,19-20H,4,8,11-16H2,1-3H3,(H,24,31)/t19-,20-/m0/s1. The van der Waals surface area contributed by atoms with Crippen molar-refractivity contribution < 1.29 is 9.59 Å². The Hall–Kier alpha value is -2.61. The van der Waals surface area contributed by atoms with Gasteiger partial charge < -0.3 is 5.32 Å². The normalized spacial score (nSPS) is 17.7. The number of hydrogen-bond donors (Lipinski definition) is 1. The van der Waals surface area contributed by atoms with Crippen LogP contribution < -0.4 is 5.32 Å². The molecule has 1 aromatic carbocycles. The molecule has 1 amide bonds. The van der Waals surface area contributed by atoms with E-state index in [2.05, 4.69) is 51.6 Å². The number of benzene rings is 1. The number of amides is 1. The lowest BCUT2D eigenvalue weighted by atomic mass is 9.99. The van der Waals surface area contributed by atoms with Gasteiger partial charge in [-0.3, -0.25) is 14.5 Å². The van der Waals surface area contributed by atoms with E-state index >= 15 is 0 Å². The zero-order chi connectivity index (χ0) is 22.2. The van der Waals surface area contributed by atoms with Crippen LogP contribution in [-0.2, 0) is 29.0 Å². The van der Waals surface area contributed by atoms with Crippen LogP contribution in [0.1, 0.15) is 51.4 Å². The number of hydrogen-bond acceptors (Lipinski definition) is 6. The lowest BCUT2D eigenvalue weighted by Crippen LogP contribution is -2.50. The number of nitrogens with zero attached hydrogens (tertiary/aromatic N) is 5. The molecule has 0 radical (unpaired) electrons. The number of carbonyl (C=O) groups is 2. The van der Waals surface area contributed by atoms with Gasteiger partial charge >= 0.3 is 0 Å². The summed E-state index contributed by atoms with van der Waals surface area (Å²) in [6, 6.07) is 9.61. The van der Waals surface area contributed by atoms with Gasteiger partial charge in [-0.1, -0.05) is 51.1 Å². The summed E-state index contributed by atoms with van der Waals surface area (Å²) in [7, 11) is 0. The highest BCUT2D eigenvalue weighted by Crippen LogP contribution is 2.19. The minimum absolute atomic E-state index is 0.0209. The molecule has 2 heterocycles. The first kappa shape index (κ1) is 23.1. The first-order valence-corrected chi connectivity index (χ1v) is 11.3. The molecular weight excluding hydrogens is 392 g/mol. The van der Waals surface area contributed by atoms with Gasteiger partial charge in [0.15, 0.2) is 11.6 Å². The van der Waals surface area contributed by atoms with E-state index in [0.717, 1.165) is 32.4 Å². The molecule has 1 aliphatic rings. The quantitative estimate of drug-likeness (QED) is 0.591. The Balaban J connectivity index is 1.59. The number of likely N-dealkylation sites (tertiary alicyclic amines) is 1. The molecule has 168 valence electrons. The van der Waals surface area contributed by atoms with Crippen molar-refractivity contribution in [3.63, 3.8) is 0 Å². The molecule has 0 aliphatic carbocycles. The molecule has 0 bridgehead atoms. The molecule has 0 saturated carbocycles. The predicted molar refractivity (Wildman–Crippen MR) is 118 cm³/mol. The second-order valence-corrected chi connectivity index (χ2v) is 8.68. The number of Topliss-reactive ketones (excluding diaryl/α,β-unsaturated/α-hetero) is 1. The van der Waals surface area contributed by atoms with Gasteiger partial charge in [0.05, 0.1) is 12.1 Å². The lowest BCUT2D eigenvalue weighted by Gasteiger charge is -2.26. The molecule has 31 heavy (non-hydrogen) atoms. The number of rotatable bonds is 11. The van der Waals surface area contributed by atoms with E-state index in [0.29, 0.717) is 18.7 Å². The molecule has 1 fully saturated rings. The Bertz CT molecular complexity index is 851. The smallest absolute Gasteiger partial charge is 0.237 e. The van der Waals surface area contributed by atoms with E-state index in [1.54, 1.807) is 0 Å². The largest absolute Gasteiger partial charge is 0.345 e. The second-order valence-electron chi connectivity index (χ2n) is 8.68. The topological polar surface area (TPSA) is 93.0 Å². The van der Waals surface area contributed by atoms with Crippen molar-refractivity contribution in [1.29, 1.82) is 0 Å². The summed E-state index contributed by atoms with van der Waals surface area (Å²) in [5.74, 6) is 0.750. The van der Waals surface area contributed by atoms with E-state index in [4.69, 9.17) is 0 Å². The van der Waals surface area contributed by atoms with Crippen molar-refractivity contribution >= 4 is 11.7 Å². The van der Waals surface area contributed by atoms with Crippen molar-refractivity contribution in [3.05, 3.63) is 41.7 Å². The van der Waals surface area contributed by atoms with E-state index in [1.807, 2.05) is 25.1 Å². The molecule has 0 spiro atoms. The van der Waals surface area contributed by atoms with Crippen LogP contribution in [0.2, 0.25) is 0 Å². The monoisotopic (exact) mass is 426 g/mol. The Morgan fingerprint density at radius 2 is 2.00 bits per heavy atom. The molecule has 2 aromatic rings. The first-order chi connectivity index (χ1) is 15.0. The molecule has 1 N–H and O–H groups in total. The third-order valence-electron chi connectivity index (χ3n) is 5.72. The number of aromatic nitrogens is 4. The summed E-state index contributed by atoms with van der Waals surface area (Å²) < 4.78 is 0. The second kappa shape index (κ2) is 11.1. The zero-order valence-corrected chi connectivity index (χ0v) is 18.8. The molecule has 8 heteroatoms. The van der Waals surface area contributed by atoms with Crippen molar-refractivity contribution in [3.8, 4) is 0 Å². The van der Waals surface area contributed by atoms with Crippen LogP contribution in [0.5, 0.6) is 0 Å². The molecule has 3 rings (SSSR count). The maximum atomic E-state index is 13.1. The highest BCUT2D eigenvalue weighted by Gasteiger charge is 2.33. The van der Waals surface area contributed by atoms with Gasteiger partial charge in [0.25, 0.3) is 0 Å². The number of tetrazole rings is 1. The summed E-state index contributed by atoms with van der Waals surface area (Å²) in [6.45, 7) is 7.82. The van der Waals surface area contributed by atoms with E-state index in [9.17, 15) is 9.59 Å². The first-order valence-electron chi connectivity index (χ1n) is 11.3. The van der Waals surface area contributed by atoms with Crippen molar-refractivity contribution in [2.24, 2.45) is 5.92 Å². The van der Waals surface area contributed by atoms with Crippen LogP contribution in [0.15, 0.2) is 30.3 Å². The Labute approximate surface area is 184 Å². The summed E-state index contributed by atoms with van der Waals surface area (Å²) in [4.78, 5) is 29.6. The van der Waals surface area contributed by atoms with Gasteiger partial charge in [-0.05, 0) is 48.9 Å². The molecule has 1 aromatic heterocycles. The van der Waals surface area contributed by atoms with Gasteiger partial charge in [-0.2, -0.15) is 4.80 Å². The molecule has 1 saturated heterocycles. The summed E-state index contributed by atoms with van der Waals surface area (Å²) in [5, 5.41) is 15.1. The van der Waals surface area contributed by atoms with Gasteiger partial charge in [0.1, 0.15) is 6.54 Å². The SMILES string of the molecule is CCc1nnn(CC(=O)[C@H](CC(C)C)NC(=O)[C@@H]2CCCN2CCc2ccccc2)n1. The fourth-order valence-electron chi connectivity index (χ4n) is 4.05. The van der Waals surface area contributed by atoms with Crippen molar-refractivity contribution in [2.75, 3.05) is 13.1 Å². The number of carbonyl (C=O) groups excluding carboxylic acids is 2. The van der Waals surface area contributed by atoms with Gasteiger partial charge in [0, 0.05) is 13.0 Å². The fraction of sp³-hybridized carbons (Fsp3) is 0.609. The average molecular weight is 427 g/mol. The highest BCUT2D eigenvalue weighted by atomic mass is 16.2. The van der Waals surface area contributed by atoms with Crippen LogP contribution in [0, 0.1) is 5.92 Å². The number of nitrogens with one attached hydrogen (secondary N) is 1. The summed E-state index contributed by atoms with van der Waals surface area (Å²) in [5.41, 5.74) is 1.27. The summed E-state index contributed by atoms with van der Waals surface area (Å²) >= 11 is 0.